The van der Waals surface area contributed by atoms with Crippen molar-refractivity contribution in [1.82, 2.24) is 10.3 Å². The van der Waals surface area contributed by atoms with Crippen molar-refractivity contribution in [2.24, 2.45) is 0 Å². The number of furan rings is 1. The highest BCUT2D eigenvalue weighted by atomic mass is 19.1. The van der Waals surface area contributed by atoms with E-state index in [0.29, 0.717) is 0 Å². The van der Waals surface area contributed by atoms with Crippen LogP contribution in [0, 0.1) is 12.7 Å². The highest BCUT2D eigenvalue weighted by Crippen LogP contribution is 2.20. The Kier molecular flexibility index (Phi) is 3.77. The Hall–Kier alpha value is -1.68. The minimum absolute atomic E-state index is 0.0333. The van der Waals surface area contributed by atoms with Gasteiger partial charge in [-0.1, -0.05) is 0 Å². The number of nitrogens with zero attached hydrogens (tertiary/aromatic N) is 1. The summed E-state index contributed by atoms with van der Waals surface area (Å²) in [6.07, 6.45) is 1.23. The quantitative estimate of drug-likeness (QED) is 0.899. The van der Waals surface area contributed by atoms with E-state index in [1.54, 1.807) is 6.07 Å². The van der Waals surface area contributed by atoms with Gasteiger partial charge in [0.15, 0.2) is 0 Å². The first-order valence-corrected chi connectivity index (χ1v) is 6.00. The number of hydrogen-bond acceptors (Lipinski definition) is 3. The number of nitrogens with one attached hydrogen (secondary N) is 1. The van der Waals surface area contributed by atoms with Gasteiger partial charge in [-0.2, -0.15) is 0 Å². The van der Waals surface area contributed by atoms with E-state index >= 15 is 0 Å². The molecule has 0 amide bonds. The second-order valence-corrected chi connectivity index (χ2v) is 4.46. The molecule has 2 aromatic rings. The lowest BCUT2D eigenvalue weighted by atomic mass is 10.1. The number of halogens is 1. The topological polar surface area (TPSA) is 38.1 Å². The van der Waals surface area contributed by atoms with Gasteiger partial charge in [0.1, 0.15) is 17.3 Å². The Morgan fingerprint density at radius 1 is 1.17 bits per heavy atom. The summed E-state index contributed by atoms with van der Waals surface area (Å²) >= 11 is 0. The third-order valence-electron chi connectivity index (χ3n) is 2.88. The average Bonchev–Trinajstić information content (AvgIpc) is 2.76. The van der Waals surface area contributed by atoms with Crippen LogP contribution in [0.5, 0.6) is 0 Å². The first-order chi connectivity index (χ1) is 8.56. The molecule has 2 atom stereocenters. The van der Waals surface area contributed by atoms with Gasteiger partial charge in [0.05, 0.1) is 17.9 Å². The monoisotopic (exact) mass is 248 g/mol. The highest BCUT2D eigenvalue weighted by Gasteiger charge is 2.14. The largest absolute Gasteiger partial charge is 0.465 e. The molecule has 2 heterocycles. The molecule has 0 fully saturated rings. The SMILES string of the molecule is Cc1ccc(C(C)NC(C)c2ccc(F)cn2)o1. The van der Waals surface area contributed by atoms with Crippen molar-refractivity contribution in [3.05, 3.63) is 53.5 Å². The van der Waals surface area contributed by atoms with Gasteiger partial charge in [0.2, 0.25) is 0 Å². The van der Waals surface area contributed by atoms with Crippen LogP contribution in [0.4, 0.5) is 4.39 Å². The molecule has 3 nitrogen and oxygen atoms in total. The van der Waals surface area contributed by atoms with E-state index in [0.717, 1.165) is 17.2 Å². The molecule has 96 valence electrons. The molecule has 2 aromatic heterocycles. The lowest BCUT2D eigenvalue weighted by Crippen LogP contribution is -2.22. The van der Waals surface area contributed by atoms with Gasteiger partial charge in [-0.05, 0) is 45.0 Å². The van der Waals surface area contributed by atoms with Crippen LogP contribution >= 0.6 is 0 Å². The van der Waals surface area contributed by atoms with Gasteiger partial charge in [-0.25, -0.2) is 4.39 Å². The number of aromatic nitrogens is 1. The fraction of sp³-hybridized carbons (Fsp3) is 0.357. The molecule has 1 N–H and O–H groups in total. The Balaban J connectivity index is 2.02. The molecule has 2 rings (SSSR count). The third-order valence-corrected chi connectivity index (χ3v) is 2.88. The first kappa shape index (κ1) is 12.8. The van der Waals surface area contributed by atoms with Gasteiger partial charge < -0.3 is 4.42 Å². The molecule has 0 saturated carbocycles. The molecule has 0 spiro atoms. The van der Waals surface area contributed by atoms with E-state index in [2.05, 4.69) is 10.3 Å². The molecule has 0 aliphatic heterocycles. The summed E-state index contributed by atoms with van der Waals surface area (Å²) in [5.74, 6) is 1.47. The Morgan fingerprint density at radius 2 is 1.94 bits per heavy atom. The smallest absolute Gasteiger partial charge is 0.141 e. The highest BCUT2D eigenvalue weighted by molar-refractivity contribution is 5.12. The zero-order valence-electron chi connectivity index (χ0n) is 10.8. The van der Waals surface area contributed by atoms with Crippen LogP contribution in [0.3, 0.4) is 0 Å². The van der Waals surface area contributed by atoms with E-state index in [4.69, 9.17) is 4.42 Å². The summed E-state index contributed by atoms with van der Waals surface area (Å²) in [6.45, 7) is 5.94. The number of rotatable bonds is 4. The normalized spacial score (nSPS) is 14.4. The average molecular weight is 248 g/mol. The van der Waals surface area contributed by atoms with Crippen LogP contribution in [0.1, 0.15) is 43.1 Å². The summed E-state index contributed by atoms with van der Waals surface area (Å²) in [6, 6.07) is 7.12. The van der Waals surface area contributed by atoms with Gasteiger partial charge in [-0.3, -0.25) is 10.3 Å². The standard InChI is InChI=1S/C14H17FN2O/c1-9-4-7-14(18-9)11(3)17-10(2)13-6-5-12(15)8-16-13/h4-8,10-11,17H,1-3H3. The van der Waals surface area contributed by atoms with Crippen LogP contribution in [-0.4, -0.2) is 4.98 Å². The van der Waals surface area contributed by atoms with Crippen molar-refractivity contribution in [3.63, 3.8) is 0 Å². The molecule has 0 aromatic carbocycles. The Morgan fingerprint density at radius 3 is 2.50 bits per heavy atom. The fourth-order valence-electron chi connectivity index (χ4n) is 1.87. The fourth-order valence-corrected chi connectivity index (χ4v) is 1.87. The van der Waals surface area contributed by atoms with Crippen LogP contribution in [0.15, 0.2) is 34.9 Å². The summed E-state index contributed by atoms with van der Waals surface area (Å²) in [4.78, 5) is 4.06. The second-order valence-electron chi connectivity index (χ2n) is 4.46. The minimum Gasteiger partial charge on any atom is -0.465 e. The number of aryl methyl sites for hydroxylation is 1. The van der Waals surface area contributed by atoms with E-state index in [1.807, 2.05) is 32.9 Å². The maximum absolute atomic E-state index is 12.8. The third kappa shape index (κ3) is 2.96. The van der Waals surface area contributed by atoms with E-state index < -0.39 is 0 Å². The summed E-state index contributed by atoms with van der Waals surface area (Å²) in [5.41, 5.74) is 0.812. The molecular weight excluding hydrogens is 231 g/mol. The molecule has 0 aliphatic carbocycles. The van der Waals surface area contributed by atoms with Crippen molar-refractivity contribution >= 4 is 0 Å². The van der Waals surface area contributed by atoms with Crippen LogP contribution in [0.25, 0.3) is 0 Å². The van der Waals surface area contributed by atoms with Gasteiger partial charge in [0.25, 0.3) is 0 Å². The molecule has 0 radical (unpaired) electrons. The van der Waals surface area contributed by atoms with Gasteiger partial charge in [0, 0.05) is 6.04 Å². The van der Waals surface area contributed by atoms with E-state index in [-0.39, 0.29) is 17.9 Å². The lowest BCUT2D eigenvalue weighted by molar-refractivity contribution is 0.389. The maximum atomic E-state index is 12.8. The van der Waals surface area contributed by atoms with Crippen LogP contribution in [-0.2, 0) is 0 Å². The second kappa shape index (κ2) is 5.31. The molecule has 2 unspecified atom stereocenters. The molecule has 4 heteroatoms. The van der Waals surface area contributed by atoms with Crippen molar-refractivity contribution in [2.45, 2.75) is 32.9 Å². The Bertz CT molecular complexity index is 507. The zero-order chi connectivity index (χ0) is 13.1. The van der Waals surface area contributed by atoms with Crippen molar-refractivity contribution in [1.29, 1.82) is 0 Å². The van der Waals surface area contributed by atoms with E-state index in [1.165, 1.54) is 12.3 Å². The van der Waals surface area contributed by atoms with Crippen molar-refractivity contribution < 1.29 is 8.81 Å². The minimum atomic E-state index is -0.319. The molecule has 18 heavy (non-hydrogen) atoms. The first-order valence-electron chi connectivity index (χ1n) is 6.00. The number of pyridine rings is 1. The summed E-state index contributed by atoms with van der Waals surface area (Å²) < 4.78 is 18.3. The summed E-state index contributed by atoms with van der Waals surface area (Å²) in [7, 11) is 0. The van der Waals surface area contributed by atoms with Gasteiger partial charge >= 0.3 is 0 Å². The molecular formula is C14H17FN2O. The molecule has 0 aliphatic rings. The van der Waals surface area contributed by atoms with E-state index in [9.17, 15) is 4.39 Å². The number of hydrogen-bond donors (Lipinski definition) is 1. The predicted octanol–water partition coefficient (Wildman–Crippen LogP) is 3.53. The van der Waals surface area contributed by atoms with Crippen LogP contribution in [0.2, 0.25) is 0 Å². The Labute approximate surface area is 106 Å². The van der Waals surface area contributed by atoms with Gasteiger partial charge in [-0.15, -0.1) is 0 Å². The molecule has 0 bridgehead atoms. The zero-order valence-corrected chi connectivity index (χ0v) is 10.8. The van der Waals surface area contributed by atoms with Crippen LogP contribution < -0.4 is 5.32 Å². The molecule has 0 saturated heterocycles. The lowest BCUT2D eigenvalue weighted by Gasteiger charge is -2.18. The summed E-state index contributed by atoms with van der Waals surface area (Å²) in [5, 5.41) is 3.37. The maximum Gasteiger partial charge on any atom is 0.141 e. The van der Waals surface area contributed by atoms with Crippen molar-refractivity contribution in [3.8, 4) is 0 Å². The predicted molar refractivity (Wildman–Crippen MR) is 67.6 cm³/mol. The van der Waals surface area contributed by atoms with Crippen molar-refractivity contribution in [2.75, 3.05) is 0 Å².